The highest BCUT2D eigenvalue weighted by Gasteiger charge is 2.52. The first-order chi connectivity index (χ1) is 10.4. The van der Waals surface area contributed by atoms with E-state index in [9.17, 15) is 9.90 Å². The molecule has 22 heavy (non-hydrogen) atoms. The molecule has 0 bridgehead atoms. The molecular weight excluding hydrogens is 272 g/mol. The Morgan fingerprint density at radius 1 is 1.32 bits per heavy atom. The zero-order valence-electron chi connectivity index (χ0n) is 15.2. The van der Waals surface area contributed by atoms with Crippen LogP contribution in [-0.4, -0.2) is 16.5 Å². The summed E-state index contributed by atoms with van der Waals surface area (Å²) in [5.74, 6) is 2.27. The molecule has 2 saturated carbocycles. The number of Topliss-reactive ketones (excluding diaryl/α,β-unsaturated/α-hetero) is 1. The summed E-state index contributed by atoms with van der Waals surface area (Å²) in [6.07, 6.45) is 10.5. The van der Waals surface area contributed by atoms with E-state index in [4.69, 9.17) is 0 Å². The lowest BCUT2D eigenvalue weighted by molar-refractivity contribution is -0.130. The summed E-state index contributed by atoms with van der Waals surface area (Å²) >= 11 is 0. The van der Waals surface area contributed by atoms with Crippen molar-refractivity contribution in [1.82, 2.24) is 0 Å². The lowest BCUT2D eigenvalue weighted by Gasteiger charge is -2.42. The van der Waals surface area contributed by atoms with E-state index in [1.54, 1.807) is 0 Å². The van der Waals surface area contributed by atoms with E-state index in [1.165, 1.54) is 19.3 Å². The standard InChI is InChI=1S/C20H36O2/c1-5-20(22,6-2)14-7-9-15(3)16-11-12-17-18(21)10-8-13-19(16,17)4/h15-17,22H,5-14H2,1-4H3/t15-,16+,17-,19+/m0/s1. The fraction of sp³-hybridized carbons (Fsp3) is 0.950. The van der Waals surface area contributed by atoms with Gasteiger partial charge >= 0.3 is 0 Å². The molecule has 1 N–H and O–H groups in total. The quantitative estimate of drug-likeness (QED) is 0.708. The monoisotopic (exact) mass is 308 g/mol. The molecule has 0 spiro atoms. The molecule has 0 radical (unpaired) electrons. The minimum atomic E-state index is -0.456. The van der Waals surface area contributed by atoms with Gasteiger partial charge in [0.15, 0.2) is 0 Å². The van der Waals surface area contributed by atoms with E-state index in [-0.39, 0.29) is 5.41 Å². The predicted molar refractivity (Wildman–Crippen MR) is 91.7 cm³/mol. The molecule has 0 aromatic rings. The Kier molecular flexibility index (Phi) is 5.74. The number of aliphatic hydroxyl groups is 1. The van der Waals surface area contributed by atoms with Crippen molar-refractivity contribution < 1.29 is 9.90 Å². The Bertz CT molecular complexity index is 385. The summed E-state index contributed by atoms with van der Waals surface area (Å²) in [6, 6.07) is 0. The highest BCUT2D eigenvalue weighted by atomic mass is 16.3. The molecule has 2 heteroatoms. The number of carbonyl (C=O) groups is 1. The maximum absolute atomic E-state index is 12.2. The zero-order valence-corrected chi connectivity index (χ0v) is 15.2. The van der Waals surface area contributed by atoms with Gasteiger partial charge in [-0.3, -0.25) is 4.79 Å². The minimum absolute atomic E-state index is 0.264. The number of fused-ring (bicyclic) bond motifs is 1. The normalized spacial score (nSPS) is 33.8. The van der Waals surface area contributed by atoms with Gasteiger partial charge in [0.05, 0.1) is 5.60 Å². The van der Waals surface area contributed by atoms with Crippen LogP contribution >= 0.6 is 0 Å². The second kappa shape index (κ2) is 7.03. The summed E-state index contributed by atoms with van der Waals surface area (Å²) in [6.45, 7) is 8.94. The Labute approximate surface area is 137 Å². The second-order valence-electron chi connectivity index (χ2n) is 8.36. The van der Waals surface area contributed by atoms with E-state index in [2.05, 4.69) is 27.7 Å². The lowest BCUT2D eigenvalue weighted by atomic mass is 9.62. The van der Waals surface area contributed by atoms with Gasteiger partial charge in [0.1, 0.15) is 5.78 Å². The van der Waals surface area contributed by atoms with E-state index in [1.807, 2.05) is 0 Å². The highest BCUT2D eigenvalue weighted by Crippen LogP contribution is 2.57. The van der Waals surface area contributed by atoms with E-state index >= 15 is 0 Å². The number of hydrogen-bond donors (Lipinski definition) is 1. The molecule has 0 amide bonds. The first-order valence-electron chi connectivity index (χ1n) is 9.61. The molecule has 0 saturated heterocycles. The molecule has 0 aromatic heterocycles. The molecule has 128 valence electrons. The number of hydrogen-bond acceptors (Lipinski definition) is 2. The fourth-order valence-electron chi connectivity index (χ4n) is 5.46. The van der Waals surface area contributed by atoms with Crippen molar-refractivity contribution in [2.75, 3.05) is 0 Å². The highest BCUT2D eigenvalue weighted by molar-refractivity contribution is 5.83. The molecule has 4 atom stereocenters. The topological polar surface area (TPSA) is 37.3 Å². The Hall–Kier alpha value is -0.370. The van der Waals surface area contributed by atoms with Crippen molar-refractivity contribution in [3.8, 4) is 0 Å². The Morgan fingerprint density at radius 2 is 2.00 bits per heavy atom. The van der Waals surface area contributed by atoms with Gasteiger partial charge in [-0.25, -0.2) is 0 Å². The van der Waals surface area contributed by atoms with Crippen LogP contribution in [0.3, 0.4) is 0 Å². The van der Waals surface area contributed by atoms with Gasteiger partial charge in [-0.15, -0.1) is 0 Å². The van der Waals surface area contributed by atoms with Crippen LogP contribution in [-0.2, 0) is 4.79 Å². The smallest absolute Gasteiger partial charge is 0.136 e. The maximum atomic E-state index is 12.2. The van der Waals surface area contributed by atoms with Crippen molar-refractivity contribution in [3.05, 3.63) is 0 Å². The molecule has 0 aliphatic heterocycles. The van der Waals surface area contributed by atoms with Gasteiger partial charge in [0.2, 0.25) is 0 Å². The third-order valence-corrected chi connectivity index (χ3v) is 7.24. The maximum Gasteiger partial charge on any atom is 0.136 e. The van der Waals surface area contributed by atoms with Crippen LogP contribution in [0, 0.1) is 23.2 Å². The van der Waals surface area contributed by atoms with Gasteiger partial charge < -0.3 is 5.11 Å². The summed E-state index contributed by atoms with van der Waals surface area (Å²) in [5, 5.41) is 10.4. The molecular formula is C20H36O2. The first kappa shape index (κ1) is 18.0. The first-order valence-corrected chi connectivity index (χ1v) is 9.61. The summed E-state index contributed by atoms with van der Waals surface area (Å²) in [7, 11) is 0. The van der Waals surface area contributed by atoms with E-state index in [0.29, 0.717) is 23.5 Å². The minimum Gasteiger partial charge on any atom is -0.390 e. The number of carbonyl (C=O) groups excluding carboxylic acids is 1. The van der Waals surface area contributed by atoms with Crippen molar-refractivity contribution in [1.29, 1.82) is 0 Å². The Balaban J connectivity index is 1.90. The molecule has 0 aromatic carbocycles. The molecule has 2 aliphatic carbocycles. The van der Waals surface area contributed by atoms with Crippen LogP contribution in [0.2, 0.25) is 0 Å². The zero-order chi connectivity index (χ0) is 16.4. The van der Waals surface area contributed by atoms with Gasteiger partial charge in [-0.2, -0.15) is 0 Å². The molecule has 2 nitrogen and oxygen atoms in total. The van der Waals surface area contributed by atoms with Crippen LogP contribution < -0.4 is 0 Å². The van der Waals surface area contributed by atoms with Crippen LogP contribution in [0.4, 0.5) is 0 Å². The van der Waals surface area contributed by atoms with Crippen LogP contribution in [0.25, 0.3) is 0 Å². The van der Waals surface area contributed by atoms with Gasteiger partial charge in [0.25, 0.3) is 0 Å². The van der Waals surface area contributed by atoms with Crippen molar-refractivity contribution >= 4 is 5.78 Å². The van der Waals surface area contributed by atoms with Gasteiger partial charge in [0, 0.05) is 12.3 Å². The Morgan fingerprint density at radius 3 is 2.64 bits per heavy atom. The summed E-state index contributed by atoms with van der Waals surface area (Å²) < 4.78 is 0. The third kappa shape index (κ3) is 3.42. The molecule has 2 aliphatic rings. The molecule has 2 rings (SSSR count). The van der Waals surface area contributed by atoms with Gasteiger partial charge in [-0.1, -0.05) is 40.5 Å². The fourth-order valence-corrected chi connectivity index (χ4v) is 5.46. The van der Waals surface area contributed by atoms with Gasteiger partial charge in [-0.05, 0) is 62.2 Å². The van der Waals surface area contributed by atoms with E-state index < -0.39 is 5.60 Å². The summed E-state index contributed by atoms with van der Waals surface area (Å²) in [4.78, 5) is 12.2. The van der Waals surface area contributed by atoms with Crippen molar-refractivity contribution in [3.63, 3.8) is 0 Å². The van der Waals surface area contributed by atoms with Crippen molar-refractivity contribution in [2.24, 2.45) is 23.2 Å². The largest absolute Gasteiger partial charge is 0.390 e. The van der Waals surface area contributed by atoms with Crippen LogP contribution in [0.15, 0.2) is 0 Å². The molecule has 0 heterocycles. The lowest BCUT2D eigenvalue weighted by Crippen LogP contribution is -2.39. The average molecular weight is 309 g/mol. The SMILES string of the molecule is CCC(O)(CC)CCC[C@H](C)[C@H]1CC[C@H]2C(=O)CCC[C@]12C. The molecule has 0 unspecified atom stereocenters. The number of rotatable bonds is 7. The third-order valence-electron chi connectivity index (χ3n) is 7.24. The predicted octanol–water partition coefficient (Wildman–Crippen LogP) is 5.13. The number of ketones is 1. The van der Waals surface area contributed by atoms with Crippen molar-refractivity contribution in [2.45, 2.75) is 97.5 Å². The van der Waals surface area contributed by atoms with E-state index in [0.717, 1.165) is 44.9 Å². The van der Waals surface area contributed by atoms with Crippen LogP contribution in [0.5, 0.6) is 0 Å². The average Bonchev–Trinajstić information content (AvgIpc) is 2.85. The van der Waals surface area contributed by atoms with Crippen LogP contribution in [0.1, 0.15) is 91.9 Å². The summed E-state index contributed by atoms with van der Waals surface area (Å²) in [5.41, 5.74) is -0.191. The second-order valence-corrected chi connectivity index (χ2v) is 8.36. The molecule has 2 fully saturated rings.